The second kappa shape index (κ2) is 6.39. The fraction of sp³-hybridized carbons (Fsp3) is 0.350. The van der Waals surface area contributed by atoms with Crippen molar-refractivity contribution >= 4 is 25.8 Å². The topological polar surface area (TPSA) is 12.9 Å². The number of hydrogen-bond donors (Lipinski definition) is 0. The Morgan fingerprint density at radius 2 is 1.91 bits per heavy atom. The molecule has 3 aromatic rings. The van der Waals surface area contributed by atoms with Crippen molar-refractivity contribution in [3.8, 4) is 20.6 Å². The number of aryl methyl sites for hydroxylation is 2. The molecule has 0 saturated carbocycles. The van der Waals surface area contributed by atoms with Crippen molar-refractivity contribution in [1.82, 2.24) is 4.98 Å². The molecule has 0 bridgehead atoms. The Kier molecular flexibility index (Phi) is 4.64. The van der Waals surface area contributed by atoms with Crippen molar-refractivity contribution in [2.45, 2.75) is 41.0 Å². The van der Waals surface area contributed by atoms with Crippen molar-refractivity contribution < 1.29 is 0 Å². The normalized spacial score (nSPS) is 11.9. The van der Waals surface area contributed by atoms with E-state index in [-0.39, 0.29) is 0 Å². The summed E-state index contributed by atoms with van der Waals surface area (Å²) in [6.07, 6.45) is 3.09. The van der Waals surface area contributed by atoms with Gasteiger partial charge in [0.15, 0.2) is 0 Å². The second-order valence-corrected chi connectivity index (χ2v) is 10.4. The summed E-state index contributed by atoms with van der Waals surface area (Å²) in [5.74, 6) is 0. The second-order valence-electron chi connectivity index (χ2n) is 7.37. The van der Waals surface area contributed by atoms with Crippen LogP contribution in [-0.4, -0.2) is 19.5 Å². The molecule has 1 nitrogen and oxygen atoms in total. The van der Waals surface area contributed by atoms with Crippen LogP contribution in [0.1, 0.15) is 36.8 Å². The van der Waals surface area contributed by atoms with Gasteiger partial charge in [0, 0.05) is 0 Å². The third-order valence-electron chi connectivity index (χ3n) is 3.74. The van der Waals surface area contributed by atoms with Crippen molar-refractivity contribution in [3.05, 3.63) is 51.4 Å². The van der Waals surface area contributed by atoms with E-state index in [0.717, 1.165) is 12.1 Å². The van der Waals surface area contributed by atoms with Gasteiger partial charge in [-0.25, -0.2) is 0 Å². The first-order valence-electron chi connectivity index (χ1n) is 7.93. The van der Waals surface area contributed by atoms with Gasteiger partial charge in [-0.05, 0) is 0 Å². The van der Waals surface area contributed by atoms with E-state index in [9.17, 15) is 0 Å². The van der Waals surface area contributed by atoms with Gasteiger partial charge < -0.3 is 0 Å². The van der Waals surface area contributed by atoms with E-state index in [4.69, 9.17) is 0 Å². The molecule has 0 atom stereocenters. The van der Waals surface area contributed by atoms with Crippen LogP contribution in [0.2, 0.25) is 0 Å². The Bertz CT molecular complexity index is 820. The van der Waals surface area contributed by atoms with Crippen molar-refractivity contribution in [2.75, 3.05) is 0 Å². The monoisotopic (exact) mass is 389 g/mol. The molecule has 0 saturated heterocycles. The summed E-state index contributed by atoms with van der Waals surface area (Å²) in [5, 5.41) is 0. The molecule has 0 aliphatic carbocycles. The molecule has 23 heavy (non-hydrogen) atoms. The Labute approximate surface area is 149 Å². The quantitative estimate of drug-likeness (QED) is 0.522. The first kappa shape index (κ1) is 16.7. The maximum atomic E-state index is 4.59. The van der Waals surface area contributed by atoms with Crippen LogP contribution in [0, 0.1) is 19.3 Å². The molecule has 0 fully saturated rings. The van der Waals surface area contributed by atoms with Gasteiger partial charge in [0.05, 0.1) is 0 Å². The van der Waals surface area contributed by atoms with Crippen LogP contribution in [-0.2, 0) is 6.42 Å². The summed E-state index contributed by atoms with van der Waals surface area (Å²) < 4.78 is 1.39. The molecule has 0 aliphatic rings. The van der Waals surface area contributed by atoms with E-state index in [2.05, 4.69) is 68.8 Å². The molecule has 3 heteroatoms. The van der Waals surface area contributed by atoms with Gasteiger partial charge in [-0.1, -0.05) is 0 Å². The van der Waals surface area contributed by atoms with Gasteiger partial charge in [-0.15, -0.1) is 0 Å². The van der Waals surface area contributed by atoms with E-state index in [1.807, 2.05) is 17.5 Å². The molecular weight excluding hydrogens is 365 g/mol. The Hall–Kier alpha value is -1.15. The molecule has 0 radical (unpaired) electrons. The average molecular weight is 388 g/mol. The number of hydrogen-bond acceptors (Lipinski definition) is 2. The summed E-state index contributed by atoms with van der Waals surface area (Å²) >= 11 is 2.37. The van der Waals surface area contributed by atoms with Gasteiger partial charge >= 0.3 is 149 Å². The third-order valence-corrected chi connectivity index (χ3v) is 7.27. The van der Waals surface area contributed by atoms with E-state index in [0.29, 0.717) is 19.9 Å². The zero-order valence-electron chi connectivity index (χ0n) is 14.4. The molecule has 0 aliphatic heterocycles. The van der Waals surface area contributed by atoms with Gasteiger partial charge in [0.25, 0.3) is 0 Å². The SMILES string of the molecule is Cc1c[se]c(-c2cc(-c3cc(C)c(CC(C)(C)C)s3)ccn2)c1. The number of aromatic nitrogens is 1. The number of thiophene rings is 1. The Morgan fingerprint density at radius 3 is 2.57 bits per heavy atom. The number of nitrogens with zero attached hydrogens (tertiary/aromatic N) is 1. The molecule has 0 unspecified atom stereocenters. The molecular formula is C20H23NSSe. The van der Waals surface area contributed by atoms with E-state index < -0.39 is 0 Å². The van der Waals surface area contributed by atoms with Crippen molar-refractivity contribution in [1.29, 1.82) is 0 Å². The summed E-state index contributed by atoms with van der Waals surface area (Å²) in [6, 6.07) is 9.00. The predicted octanol–water partition coefficient (Wildman–Crippen LogP) is 5.74. The standard InChI is InChI=1S/C20H23NSSe/c1-13-8-19(23-12-13)16-10-15(6-7-21-16)17-9-14(2)18(22-17)11-20(3,4)5/h6-10,12H,11H2,1-5H3. The van der Waals surface area contributed by atoms with Gasteiger partial charge in [0.2, 0.25) is 0 Å². The molecule has 120 valence electrons. The molecule has 0 amide bonds. The zero-order valence-corrected chi connectivity index (χ0v) is 17.0. The summed E-state index contributed by atoms with van der Waals surface area (Å²) in [5.41, 5.74) is 5.55. The van der Waals surface area contributed by atoms with Crippen LogP contribution in [0.25, 0.3) is 20.6 Å². The molecule has 0 spiro atoms. The Morgan fingerprint density at radius 1 is 1.13 bits per heavy atom. The first-order chi connectivity index (χ1) is 10.8. The Balaban J connectivity index is 1.95. The van der Waals surface area contributed by atoms with Crippen LogP contribution in [0.5, 0.6) is 0 Å². The third kappa shape index (κ3) is 4.03. The van der Waals surface area contributed by atoms with Crippen molar-refractivity contribution in [2.24, 2.45) is 5.41 Å². The van der Waals surface area contributed by atoms with Crippen LogP contribution >= 0.6 is 11.3 Å². The van der Waals surface area contributed by atoms with E-state index in [1.165, 1.54) is 30.9 Å². The summed E-state index contributed by atoms with van der Waals surface area (Å²) in [6.45, 7) is 11.3. The summed E-state index contributed by atoms with van der Waals surface area (Å²) in [4.78, 5) is 9.78. The van der Waals surface area contributed by atoms with Gasteiger partial charge in [0.1, 0.15) is 0 Å². The molecule has 3 heterocycles. The van der Waals surface area contributed by atoms with Crippen molar-refractivity contribution in [3.63, 3.8) is 0 Å². The fourth-order valence-electron chi connectivity index (χ4n) is 2.60. The predicted molar refractivity (Wildman–Crippen MR) is 103 cm³/mol. The fourth-order valence-corrected chi connectivity index (χ4v) is 5.89. The van der Waals surface area contributed by atoms with E-state index in [1.54, 1.807) is 0 Å². The van der Waals surface area contributed by atoms with Crippen LogP contribution in [0.4, 0.5) is 0 Å². The zero-order chi connectivity index (χ0) is 16.6. The van der Waals surface area contributed by atoms with Gasteiger partial charge in [-0.2, -0.15) is 0 Å². The number of pyridine rings is 1. The minimum atomic E-state index is 0.330. The van der Waals surface area contributed by atoms with E-state index >= 15 is 0 Å². The van der Waals surface area contributed by atoms with Crippen LogP contribution in [0.15, 0.2) is 35.4 Å². The minimum absolute atomic E-state index is 0.330. The average Bonchev–Trinajstić information content (AvgIpc) is 3.05. The maximum absolute atomic E-state index is 4.59. The molecule has 0 aromatic carbocycles. The molecule has 3 rings (SSSR count). The van der Waals surface area contributed by atoms with Gasteiger partial charge in [-0.3, -0.25) is 0 Å². The van der Waals surface area contributed by atoms with Crippen LogP contribution in [0.3, 0.4) is 0 Å². The van der Waals surface area contributed by atoms with Crippen LogP contribution < -0.4 is 0 Å². The summed E-state index contributed by atoms with van der Waals surface area (Å²) in [7, 11) is 0. The molecule has 0 N–H and O–H groups in total. The molecule has 3 aromatic heterocycles. The first-order valence-corrected chi connectivity index (χ1v) is 10.6. The number of rotatable bonds is 3.